The first-order chi connectivity index (χ1) is 12.4. The third-order valence-electron chi connectivity index (χ3n) is 4.27. The van der Waals surface area contributed by atoms with E-state index in [1.54, 1.807) is 4.57 Å². The standard InChI is InChI=1S/C19H19F3N2O2/c20-19(21,22)14-7-2-1-6-13(14)17(26)12-24-16-9-4-3-8-15(16)23-18(24)10-5-11-25/h1-4,6-9,17,25-26H,5,10-12H2/t17-/m1/s1. The molecular weight excluding hydrogens is 345 g/mol. The number of fused-ring (bicyclic) bond motifs is 1. The molecule has 0 radical (unpaired) electrons. The van der Waals surface area contributed by atoms with E-state index in [1.165, 1.54) is 18.2 Å². The second kappa shape index (κ2) is 7.47. The van der Waals surface area contributed by atoms with E-state index in [-0.39, 0.29) is 18.7 Å². The fourth-order valence-electron chi connectivity index (χ4n) is 3.07. The average Bonchev–Trinajstić information content (AvgIpc) is 2.97. The van der Waals surface area contributed by atoms with Crippen LogP contribution >= 0.6 is 0 Å². The first-order valence-electron chi connectivity index (χ1n) is 8.31. The zero-order valence-electron chi connectivity index (χ0n) is 13.9. The summed E-state index contributed by atoms with van der Waals surface area (Å²) < 4.78 is 41.4. The Balaban J connectivity index is 1.99. The van der Waals surface area contributed by atoms with Gasteiger partial charge in [-0.25, -0.2) is 4.98 Å². The summed E-state index contributed by atoms with van der Waals surface area (Å²) in [6.45, 7) is -0.0585. The maximum atomic E-state index is 13.2. The Labute approximate surface area is 148 Å². The Hall–Kier alpha value is -2.38. The van der Waals surface area contributed by atoms with E-state index in [1.807, 2.05) is 24.3 Å². The predicted molar refractivity (Wildman–Crippen MR) is 91.5 cm³/mol. The lowest BCUT2D eigenvalue weighted by molar-refractivity contribution is -0.139. The van der Waals surface area contributed by atoms with Crippen molar-refractivity contribution >= 4 is 11.0 Å². The number of aryl methyl sites for hydroxylation is 1. The number of aliphatic hydroxyl groups is 2. The summed E-state index contributed by atoms with van der Waals surface area (Å²) in [7, 11) is 0. The van der Waals surface area contributed by atoms with E-state index in [9.17, 15) is 18.3 Å². The molecule has 1 atom stereocenters. The van der Waals surface area contributed by atoms with Gasteiger partial charge in [-0.15, -0.1) is 0 Å². The van der Waals surface area contributed by atoms with E-state index in [0.717, 1.165) is 11.6 Å². The van der Waals surface area contributed by atoms with Crippen molar-refractivity contribution in [3.8, 4) is 0 Å². The second-order valence-corrected chi connectivity index (χ2v) is 6.06. The van der Waals surface area contributed by atoms with Crippen LogP contribution in [0.1, 0.15) is 29.5 Å². The zero-order valence-corrected chi connectivity index (χ0v) is 13.9. The first kappa shape index (κ1) is 18.4. The molecule has 3 aromatic rings. The Morgan fingerprint density at radius 1 is 1.04 bits per heavy atom. The van der Waals surface area contributed by atoms with Crippen molar-refractivity contribution in [1.82, 2.24) is 9.55 Å². The minimum Gasteiger partial charge on any atom is -0.396 e. The topological polar surface area (TPSA) is 58.3 Å². The molecule has 0 bridgehead atoms. The largest absolute Gasteiger partial charge is 0.416 e. The molecule has 0 spiro atoms. The van der Waals surface area contributed by atoms with Crippen molar-refractivity contribution in [2.45, 2.75) is 31.7 Å². The fraction of sp³-hybridized carbons (Fsp3) is 0.316. The first-order valence-corrected chi connectivity index (χ1v) is 8.31. The van der Waals surface area contributed by atoms with Crippen molar-refractivity contribution in [1.29, 1.82) is 0 Å². The molecule has 1 aromatic heterocycles. The number of aliphatic hydroxyl groups excluding tert-OH is 2. The summed E-state index contributed by atoms with van der Waals surface area (Å²) in [5.74, 6) is 0.629. The molecule has 3 rings (SSSR count). The summed E-state index contributed by atoms with van der Waals surface area (Å²) in [6, 6.07) is 12.3. The van der Waals surface area contributed by atoms with Crippen LogP contribution in [-0.4, -0.2) is 26.4 Å². The van der Waals surface area contributed by atoms with Crippen molar-refractivity contribution in [2.75, 3.05) is 6.61 Å². The normalized spacial score (nSPS) is 13.3. The summed E-state index contributed by atoms with van der Waals surface area (Å²) in [4.78, 5) is 4.49. The molecule has 0 amide bonds. The second-order valence-electron chi connectivity index (χ2n) is 6.06. The van der Waals surface area contributed by atoms with Gasteiger partial charge < -0.3 is 14.8 Å². The summed E-state index contributed by atoms with van der Waals surface area (Å²) in [5, 5.41) is 19.6. The van der Waals surface area contributed by atoms with E-state index < -0.39 is 17.8 Å². The minimum absolute atomic E-state index is 0.0112. The van der Waals surface area contributed by atoms with Gasteiger partial charge in [-0.1, -0.05) is 30.3 Å². The van der Waals surface area contributed by atoms with Crippen LogP contribution in [-0.2, 0) is 19.1 Å². The minimum atomic E-state index is -4.53. The molecule has 1 heterocycles. The van der Waals surface area contributed by atoms with Crippen molar-refractivity contribution in [2.24, 2.45) is 0 Å². The Kier molecular flexibility index (Phi) is 5.29. The highest BCUT2D eigenvalue weighted by Crippen LogP contribution is 2.35. The molecule has 26 heavy (non-hydrogen) atoms. The molecule has 138 valence electrons. The number of hydrogen-bond donors (Lipinski definition) is 2. The van der Waals surface area contributed by atoms with Crippen LogP contribution in [0.25, 0.3) is 11.0 Å². The van der Waals surface area contributed by atoms with Gasteiger partial charge >= 0.3 is 6.18 Å². The number of imidazole rings is 1. The molecule has 0 aliphatic heterocycles. The highest BCUT2D eigenvalue weighted by molar-refractivity contribution is 5.75. The lowest BCUT2D eigenvalue weighted by Crippen LogP contribution is -2.17. The number of hydrogen-bond acceptors (Lipinski definition) is 3. The molecule has 0 aliphatic rings. The lowest BCUT2D eigenvalue weighted by Gasteiger charge is -2.19. The molecule has 7 heteroatoms. The molecule has 2 N–H and O–H groups in total. The van der Waals surface area contributed by atoms with Gasteiger partial charge in [-0.05, 0) is 30.2 Å². The third-order valence-corrected chi connectivity index (χ3v) is 4.27. The molecule has 0 unspecified atom stereocenters. The predicted octanol–water partition coefficient (Wildman–Crippen LogP) is 3.71. The Bertz CT molecular complexity index is 890. The number of rotatable bonds is 6. The number of para-hydroxylation sites is 2. The van der Waals surface area contributed by atoms with E-state index in [4.69, 9.17) is 5.11 Å². The number of nitrogens with zero attached hydrogens (tertiary/aromatic N) is 2. The van der Waals surface area contributed by atoms with Crippen molar-refractivity contribution in [3.05, 3.63) is 65.5 Å². The Morgan fingerprint density at radius 3 is 2.46 bits per heavy atom. The summed E-state index contributed by atoms with van der Waals surface area (Å²) in [6.07, 6.45) is -4.91. The quantitative estimate of drug-likeness (QED) is 0.701. The van der Waals surface area contributed by atoms with Gasteiger partial charge in [-0.2, -0.15) is 13.2 Å². The average molecular weight is 364 g/mol. The lowest BCUT2D eigenvalue weighted by atomic mass is 10.0. The van der Waals surface area contributed by atoms with Gasteiger partial charge in [0.15, 0.2) is 0 Å². The third kappa shape index (κ3) is 3.73. The maximum absolute atomic E-state index is 13.2. The van der Waals surface area contributed by atoms with Crippen LogP contribution in [0, 0.1) is 0 Å². The van der Waals surface area contributed by atoms with Crippen LogP contribution in [0.5, 0.6) is 0 Å². The van der Waals surface area contributed by atoms with Gasteiger partial charge in [0.2, 0.25) is 0 Å². The van der Waals surface area contributed by atoms with Crippen LogP contribution in [0.4, 0.5) is 13.2 Å². The molecule has 0 saturated heterocycles. The van der Waals surface area contributed by atoms with E-state index >= 15 is 0 Å². The molecule has 0 saturated carbocycles. The number of alkyl halides is 3. The zero-order chi connectivity index (χ0) is 18.7. The molecule has 2 aromatic carbocycles. The van der Waals surface area contributed by atoms with Gasteiger partial charge in [0.05, 0.1) is 29.2 Å². The van der Waals surface area contributed by atoms with Gasteiger partial charge in [0, 0.05) is 13.0 Å². The molecule has 4 nitrogen and oxygen atoms in total. The van der Waals surface area contributed by atoms with Gasteiger partial charge in [-0.3, -0.25) is 0 Å². The highest BCUT2D eigenvalue weighted by atomic mass is 19.4. The van der Waals surface area contributed by atoms with Crippen LogP contribution in [0.3, 0.4) is 0 Å². The monoisotopic (exact) mass is 364 g/mol. The molecular formula is C19H19F3N2O2. The van der Waals surface area contributed by atoms with Crippen molar-refractivity contribution in [3.63, 3.8) is 0 Å². The van der Waals surface area contributed by atoms with Crippen LogP contribution < -0.4 is 0 Å². The van der Waals surface area contributed by atoms with Gasteiger partial charge in [0.1, 0.15) is 5.82 Å². The number of halogens is 3. The fourth-order valence-corrected chi connectivity index (χ4v) is 3.07. The van der Waals surface area contributed by atoms with Crippen molar-refractivity contribution < 1.29 is 23.4 Å². The molecule has 0 aliphatic carbocycles. The number of aromatic nitrogens is 2. The summed E-state index contributed by atoms with van der Waals surface area (Å²) >= 11 is 0. The summed E-state index contributed by atoms with van der Waals surface area (Å²) in [5.41, 5.74) is 0.445. The SMILES string of the molecule is OCCCc1nc2ccccc2n1C[C@@H](O)c1ccccc1C(F)(F)F. The van der Waals surface area contributed by atoms with Gasteiger partial charge in [0.25, 0.3) is 0 Å². The van der Waals surface area contributed by atoms with E-state index in [0.29, 0.717) is 24.2 Å². The molecule has 0 fully saturated rings. The van der Waals surface area contributed by atoms with E-state index in [2.05, 4.69) is 4.98 Å². The van der Waals surface area contributed by atoms with Crippen LogP contribution in [0.15, 0.2) is 48.5 Å². The Morgan fingerprint density at radius 2 is 1.73 bits per heavy atom. The number of benzene rings is 2. The van der Waals surface area contributed by atoms with Crippen LogP contribution in [0.2, 0.25) is 0 Å². The highest BCUT2D eigenvalue weighted by Gasteiger charge is 2.34. The maximum Gasteiger partial charge on any atom is 0.416 e. The smallest absolute Gasteiger partial charge is 0.396 e.